The Morgan fingerprint density at radius 1 is 1.05 bits per heavy atom. The number of nitrogens with zero attached hydrogens (tertiary/aromatic N) is 2. The lowest BCUT2D eigenvalue weighted by atomic mass is 9.98. The molecule has 2 aliphatic rings. The Kier molecular flexibility index (Phi) is 8.20. The quantitative estimate of drug-likeness (QED) is 0.288. The molecule has 2 aromatic carbocycles. The Balaban J connectivity index is 1.37. The first-order chi connectivity index (χ1) is 17.9. The number of rotatable bonds is 8. The normalized spacial score (nSPS) is 16.8. The first-order valence-electron chi connectivity index (χ1n) is 12.4. The van der Waals surface area contributed by atoms with Crippen LogP contribution >= 0.6 is 0 Å². The van der Waals surface area contributed by atoms with E-state index in [4.69, 9.17) is 4.74 Å². The van der Waals surface area contributed by atoms with Crippen LogP contribution in [0.2, 0.25) is 0 Å². The van der Waals surface area contributed by atoms with Gasteiger partial charge in [0, 0.05) is 12.5 Å². The van der Waals surface area contributed by atoms with Crippen LogP contribution in [0.3, 0.4) is 0 Å². The molecule has 10 nitrogen and oxygen atoms in total. The summed E-state index contributed by atoms with van der Waals surface area (Å²) in [5.74, 6) is -0.563. The summed E-state index contributed by atoms with van der Waals surface area (Å²) < 4.78 is 5.76. The number of carbonyl (C=O) groups is 3. The van der Waals surface area contributed by atoms with E-state index in [0.717, 1.165) is 22.3 Å². The van der Waals surface area contributed by atoms with Crippen molar-refractivity contribution in [3.8, 4) is 11.1 Å². The fourth-order valence-electron chi connectivity index (χ4n) is 4.89. The molecule has 37 heavy (non-hydrogen) atoms. The number of benzene rings is 2. The molecule has 0 unspecified atom stereocenters. The maximum Gasteiger partial charge on any atom is 0.410 e. The van der Waals surface area contributed by atoms with Gasteiger partial charge in [-0.15, -0.1) is 0 Å². The highest BCUT2D eigenvalue weighted by atomic mass is 16.6. The minimum absolute atomic E-state index is 0.0668. The largest absolute Gasteiger partial charge is 0.448 e. The molecule has 1 saturated heterocycles. The molecule has 3 N–H and O–H groups in total. The van der Waals surface area contributed by atoms with Crippen LogP contribution in [0.25, 0.3) is 11.1 Å². The van der Waals surface area contributed by atoms with Gasteiger partial charge in [-0.25, -0.2) is 14.4 Å². The van der Waals surface area contributed by atoms with Gasteiger partial charge < -0.3 is 20.7 Å². The number of nitrogens with one attached hydrogen (secondary N) is 3. The number of urea groups is 1. The number of fused-ring (bicyclic) bond motifs is 3. The molecule has 0 radical (unpaired) electrons. The molecular formula is C27H31N5O5. The van der Waals surface area contributed by atoms with Crippen molar-refractivity contribution in [1.82, 2.24) is 20.9 Å². The summed E-state index contributed by atoms with van der Waals surface area (Å²) in [4.78, 5) is 53.1. The highest BCUT2D eigenvalue weighted by molar-refractivity contribution is 5.87. The van der Waals surface area contributed by atoms with Gasteiger partial charge in [0.15, 0.2) is 0 Å². The highest BCUT2D eigenvalue weighted by Gasteiger charge is 2.37. The molecule has 10 heteroatoms. The summed E-state index contributed by atoms with van der Waals surface area (Å²) in [6.07, 6.45) is 1.30. The van der Waals surface area contributed by atoms with Crippen molar-refractivity contribution < 1.29 is 23.9 Å². The highest BCUT2D eigenvalue weighted by Crippen LogP contribution is 2.44. The maximum atomic E-state index is 13.1. The fourth-order valence-corrected chi connectivity index (χ4v) is 4.89. The summed E-state index contributed by atoms with van der Waals surface area (Å²) >= 11 is 0. The molecule has 2 atom stereocenters. The number of hydrogen-bond donors (Lipinski definition) is 3. The number of likely N-dealkylation sites (tertiary alicyclic amines) is 1. The molecule has 0 saturated carbocycles. The van der Waals surface area contributed by atoms with Gasteiger partial charge in [-0.05, 0) is 41.0 Å². The summed E-state index contributed by atoms with van der Waals surface area (Å²) in [6.45, 7) is 4.06. The third-order valence-electron chi connectivity index (χ3n) is 6.76. The molecule has 2 aromatic rings. The third kappa shape index (κ3) is 5.81. The van der Waals surface area contributed by atoms with Gasteiger partial charge in [0.25, 0.3) is 0 Å². The molecular weight excluding hydrogens is 474 g/mol. The van der Waals surface area contributed by atoms with E-state index in [-0.39, 0.29) is 31.0 Å². The van der Waals surface area contributed by atoms with Gasteiger partial charge in [-0.3, -0.25) is 9.69 Å². The van der Waals surface area contributed by atoms with Gasteiger partial charge in [-0.2, -0.15) is 4.99 Å². The summed E-state index contributed by atoms with van der Waals surface area (Å²) in [6, 6.07) is 14.9. The van der Waals surface area contributed by atoms with E-state index in [2.05, 4.69) is 45.2 Å². The van der Waals surface area contributed by atoms with E-state index in [1.807, 2.05) is 38.1 Å². The van der Waals surface area contributed by atoms with Gasteiger partial charge in [0.2, 0.25) is 12.0 Å². The maximum absolute atomic E-state index is 13.1. The predicted molar refractivity (Wildman–Crippen MR) is 136 cm³/mol. The second-order valence-electron chi connectivity index (χ2n) is 9.44. The topological polar surface area (TPSA) is 129 Å². The number of ether oxygens (including phenoxy) is 1. The minimum Gasteiger partial charge on any atom is -0.448 e. The van der Waals surface area contributed by atoms with Crippen LogP contribution < -0.4 is 16.0 Å². The Morgan fingerprint density at radius 2 is 1.70 bits per heavy atom. The second-order valence-corrected chi connectivity index (χ2v) is 9.44. The van der Waals surface area contributed by atoms with Crippen LogP contribution in [-0.2, 0) is 14.3 Å². The summed E-state index contributed by atoms with van der Waals surface area (Å²) in [5, 5.41) is 7.85. The number of amides is 4. The van der Waals surface area contributed by atoms with Gasteiger partial charge in [0.1, 0.15) is 25.5 Å². The number of aliphatic imine (C=N–C) groups is 1. The van der Waals surface area contributed by atoms with Crippen LogP contribution in [0.5, 0.6) is 0 Å². The zero-order chi connectivity index (χ0) is 26.4. The van der Waals surface area contributed by atoms with Crippen molar-refractivity contribution in [2.45, 2.75) is 44.8 Å². The zero-order valence-corrected chi connectivity index (χ0v) is 20.9. The average molecular weight is 506 g/mol. The van der Waals surface area contributed by atoms with Crippen molar-refractivity contribution in [3.05, 3.63) is 59.7 Å². The summed E-state index contributed by atoms with van der Waals surface area (Å²) in [5.41, 5.74) is 4.53. The van der Waals surface area contributed by atoms with Crippen LogP contribution in [0.15, 0.2) is 53.5 Å². The molecule has 0 aromatic heterocycles. The molecule has 1 fully saturated rings. The van der Waals surface area contributed by atoms with Crippen molar-refractivity contribution >= 4 is 24.1 Å². The Morgan fingerprint density at radius 3 is 2.32 bits per heavy atom. The number of carbonyl (C=O) groups excluding carboxylic acids is 4. The molecule has 4 rings (SSSR count). The predicted octanol–water partition coefficient (Wildman–Crippen LogP) is 3.09. The zero-order valence-electron chi connectivity index (χ0n) is 20.9. The van der Waals surface area contributed by atoms with E-state index in [1.165, 1.54) is 11.0 Å². The molecule has 1 aliphatic heterocycles. The van der Waals surface area contributed by atoms with E-state index >= 15 is 0 Å². The number of hydrogen-bond acceptors (Lipinski definition) is 6. The van der Waals surface area contributed by atoms with Gasteiger partial charge in [0.05, 0.1) is 0 Å². The van der Waals surface area contributed by atoms with Crippen molar-refractivity contribution in [2.24, 2.45) is 10.9 Å². The van der Waals surface area contributed by atoms with Gasteiger partial charge in [-0.1, -0.05) is 62.4 Å². The molecule has 0 bridgehead atoms. The molecule has 194 valence electrons. The van der Waals surface area contributed by atoms with E-state index in [0.29, 0.717) is 19.4 Å². The first kappa shape index (κ1) is 25.9. The monoisotopic (exact) mass is 505 g/mol. The average Bonchev–Trinajstić information content (AvgIpc) is 3.51. The second kappa shape index (κ2) is 11.7. The van der Waals surface area contributed by atoms with Crippen molar-refractivity contribution in [2.75, 3.05) is 19.8 Å². The Labute approximate surface area is 215 Å². The van der Waals surface area contributed by atoms with Crippen LogP contribution in [0, 0.1) is 5.92 Å². The minimum atomic E-state index is -0.693. The Hall–Kier alpha value is -4.17. The van der Waals surface area contributed by atoms with E-state index in [1.54, 1.807) is 0 Å². The summed E-state index contributed by atoms with van der Waals surface area (Å²) in [7, 11) is 0. The first-order valence-corrected chi connectivity index (χ1v) is 12.4. The van der Waals surface area contributed by atoms with Crippen LogP contribution in [0.1, 0.15) is 43.7 Å². The standard InChI is InChI=1S/C27H31N5O5/c1-17(2)24(31-26(35)29-15-28-16-33)30-25(34)23-12-7-13-32(23)27(36)37-14-22-20-10-5-3-8-18(20)19-9-4-6-11-21(19)22/h3-6,8-11,17,22-24H,7,12-15H2,1-2H3,(H,30,34)(H2,29,31,35)/t23-,24+/m0/s1. The lowest BCUT2D eigenvalue weighted by molar-refractivity contribution is -0.126. The van der Waals surface area contributed by atoms with E-state index in [9.17, 15) is 19.2 Å². The number of isocyanates is 1. The van der Waals surface area contributed by atoms with E-state index < -0.39 is 24.3 Å². The van der Waals surface area contributed by atoms with Gasteiger partial charge >= 0.3 is 12.1 Å². The fraction of sp³-hybridized carbons (Fsp3) is 0.407. The third-order valence-corrected chi connectivity index (χ3v) is 6.76. The molecule has 1 heterocycles. The van der Waals surface area contributed by atoms with Crippen LogP contribution in [-0.4, -0.2) is 61.0 Å². The van der Waals surface area contributed by atoms with Crippen molar-refractivity contribution in [3.63, 3.8) is 0 Å². The van der Waals surface area contributed by atoms with Crippen molar-refractivity contribution in [1.29, 1.82) is 0 Å². The lowest BCUT2D eigenvalue weighted by Crippen LogP contribution is -2.57. The van der Waals surface area contributed by atoms with Crippen LogP contribution in [0.4, 0.5) is 9.59 Å². The molecule has 1 aliphatic carbocycles. The lowest BCUT2D eigenvalue weighted by Gasteiger charge is -2.28. The Bertz CT molecular complexity index is 1160. The molecule has 0 spiro atoms. The SMILES string of the molecule is CC(C)[C@@H](NC(=O)NCN=C=O)NC(=O)[C@@H]1CCCN1C(=O)OCC1c2ccccc2-c2ccccc21. The smallest absolute Gasteiger partial charge is 0.410 e. The molecule has 4 amide bonds.